The Labute approximate surface area is 184 Å². The number of nitrogens with one attached hydrogen (secondary N) is 2. The molecule has 0 spiro atoms. The summed E-state index contributed by atoms with van der Waals surface area (Å²) in [6.45, 7) is 0. The largest absolute Gasteiger partial charge is 0.393 e. The zero-order valence-corrected chi connectivity index (χ0v) is 18.1. The SMILES string of the molecule is O=c1c2c(NC3CCC(O)CC3)nc(Nc3cnccn3)cc2ccn1C1CS(=O)(=O)C1. The number of aliphatic hydroxyl groups excluding tert-OH is 1. The first kappa shape index (κ1) is 20.8. The van der Waals surface area contributed by atoms with Gasteiger partial charge in [0.2, 0.25) is 0 Å². The number of aliphatic hydroxyl groups is 1. The summed E-state index contributed by atoms with van der Waals surface area (Å²) in [5.41, 5.74) is -0.265. The van der Waals surface area contributed by atoms with E-state index in [-0.39, 0.29) is 35.3 Å². The molecule has 168 valence electrons. The van der Waals surface area contributed by atoms with Crippen molar-refractivity contribution in [3.63, 3.8) is 0 Å². The number of aromatic nitrogens is 4. The van der Waals surface area contributed by atoms with Gasteiger partial charge < -0.3 is 20.3 Å². The molecule has 1 aliphatic carbocycles. The molecule has 0 radical (unpaired) electrons. The molecule has 0 amide bonds. The van der Waals surface area contributed by atoms with Crippen LogP contribution in [0.2, 0.25) is 0 Å². The monoisotopic (exact) mass is 456 g/mol. The number of fused-ring (bicyclic) bond motifs is 1. The molecule has 5 rings (SSSR count). The van der Waals surface area contributed by atoms with E-state index in [1.54, 1.807) is 36.9 Å². The zero-order valence-electron chi connectivity index (χ0n) is 17.3. The average molecular weight is 457 g/mol. The molecule has 0 bridgehead atoms. The second kappa shape index (κ2) is 8.14. The Morgan fingerprint density at radius 1 is 1.09 bits per heavy atom. The fraction of sp³-hybridized carbons (Fsp3) is 0.429. The number of hydrogen-bond donors (Lipinski definition) is 3. The molecule has 3 N–H and O–H groups in total. The molecule has 3 aromatic rings. The van der Waals surface area contributed by atoms with Crippen molar-refractivity contribution in [2.24, 2.45) is 0 Å². The van der Waals surface area contributed by atoms with Gasteiger partial charge in [-0.25, -0.2) is 18.4 Å². The number of rotatable bonds is 5. The van der Waals surface area contributed by atoms with E-state index < -0.39 is 9.84 Å². The van der Waals surface area contributed by atoms with E-state index in [1.807, 2.05) is 0 Å². The Morgan fingerprint density at radius 3 is 2.56 bits per heavy atom. The third-order valence-electron chi connectivity index (χ3n) is 6.06. The lowest BCUT2D eigenvalue weighted by molar-refractivity contribution is 0.126. The van der Waals surface area contributed by atoms with Gasteiger partial charge in [0.25, 0.3) is 5.56 Å². The van der Waals surface area contributed by atoms with E-state index in [2.05, 4.69) is 25.6 Å². The van der Waals surface area contributed by atoms with Crippen LogP contribution < -0.4 is 16.2 Å². The van der Waals surface area contributed by atoms with Crippen LogP contribution in [0.3, 0.4) is 0 Å². The molecule has 0 aromatic carbocycles. The maximum absolute atomic E-state index is 13.4. The van der Waals surface area contributed by atoms with Crippen LogP contribution in [0.15, 0.2) is 41.7 Å². The third kappa shape index (κ3) is 4.17. The minimum absolute atomic E-state index is 0.0264. The van der Waals surface area contributed by atoms with Gasteiger partial charge in [0, 0.05) is 24.6 Å². The molecule has 10 nitrogen and oxygen atoms in total. The Balaban J connectivity index is 1.55. The predicted molar refractivity (Wildman–Crippen MR) is 121 cm³/mol. The van der Waals surface area contributed by atoms with Gasteiger partial charge in [0.15, 0.2) is 9.84 Å². The van der Waals surface area contributed by atoms with Gasteiger partial charge in [0.05, 0.1) is 35.2 Å². The summed E-state index contributed by atoms with van der Waals surface area (Å²) in [5.74, 6) is 1.43. The molecule has 4 heterocycles. The van der Waals surface area contributed by atoms with Crippen LogP contribution in [0, 0.1) is 0 Å². The number of sulfone groups is 1. The Hall–Kier alpha value is -3.05. The minimum Gasteiger partial charge on any atom is -0.393 e. The molecule has 2 aliphatic rings. The number of anilines is 3. The van der Waals surface area contributed by atoms with E-state index in [1.165, 1.54) is 4.57 Å². The van der Waals surface area contributed by atoms with Crippen LogP contribution in [0.4, 0.5) is 17.5 Å². The van der Waals surface area contributed by atoms with E-state index >= 15 is 0 Å². The lowest BCUT2D eigenvalue weighted by Gasteiger charge is -2.29. The Morgan fingerprint density at radius 2 is 1.88 bits per heavy atom. The maximum Gasteiger partial charge on any atom is 0.262 e. The van der Waals surface area contributed by atoms with Crippen LogP contribution in [0.1, 0.15) is 31.7 Å². The average Bonchev–Trinajstić information content (AvgIpc) is 2.74. The summed E-state index contributed by atoms with van der Waals surface area (Å²) in [4.78, 5) is 26.3. The van der Waals surface area contributed by atoms with Gasteiger partial charge >= 0.3 is 0 Å². The minimum atomic E-state index is -3.07. The lowest BCUT2D eigenvalue weighted by Crippen LogP contribution is -2.42. The van der Waals surface area contributed by atoms with Gasteiger partial charge in [-0.1, -0.05) is 0 Å². The fourth-order valence-corrected chi connectivity index (χ4v) is 5.74. The van der Waals surface area contributed by atoms with Crippen molar-refractivity contribution in [3.8, 4) is 0 Å². The number of nitrogens with zero attached hydrogens (tertiary/aromatic N) is 4. The standard InChI is InChI=1S/C21H24N6O4S/c28-16-3-1-14(2-4-16)24-20-19-13(9-17(26-20)25-18-10-22-6-7-23-18)5-8-27(21(19)29)15-11-32(30,31)12-15/h5-10,14-16,28H,1-4,11-12H2,(H2,23,24,25,26). The molecular weight excluding hydrogens is 432 g/mol. The van der Waals surface area contributed by atoms with Crippen LogP contribution in [-0.4, -0.2) is 56.7 Å². The highest BCUT2D eigenvalue weighted by molar-refractivity contribution is 7.92. The second-order valence-corrected chi connectivity index (χ2v) is 10.6. The van der Waals surface area contributed by atoms with Gasteiger partial charge in [-0.05, 0) is 43.2 Å². The van der Waals surface area contributed by atoms with Crippen LogP contribution in [-0.2, 0) is 9.84 Å². The first-order chi connectivity index (χ1) is 15.4. The van der Waals surface area contributed by atoms with Gasteiger partial charge in [-0.2, -0.15) is 0 Å². The van der Waals surface area contributed by atoms with Crippen molar-refractivity contribution < 1.29 is 13.5 Å². The summed E-state index contributed by atoms with van der Waals surface area (Å²) in [6, 6.07) is 3.30. The summed E-state index contributed by atoms with van der Waals surface area (Å²) < 4.78 is 24.8. The predicted octanol–water partition coefficient (Wildman–Crippen LogP) is 1.61. The number of hydrogen-bond acceptors (Lipinski definition) is 9. The summed E-state index contributed by atoms with van der Waals surface area (Å²) in [7, 11) is -3.07. The third-order valence-corrected chi connectivity index (χ3v) is 7.84. The number of pyridine rings is 2. The first-order valence-electron chi connectivity index (χ1n) is 10.6. The molecule has 1 saturated carbocycles. The van der Waals surface area contributed by atoms with Crippen molar-refractivity contribution >= 4 is 38.1 Å². The van der Waals surface area contributed by atoms with E-state index in [0.29, 0.717) is 41.1 Å². The van der Waals surface area contributed by atoms with Crippen molar-refractivity contribution in [2.45, 2.75) is 43.9 Å². The van der Waals surface area contributed by atoms with Crippen molar-refractivity contribution in [2.75, 3.05) is 22.1 Å². The second-order valence-electron chi connectivity index (χ2n) is 8.44. The quantitative estimate of drug-likeness (QED) is 0.522. The summed E-state index contributed by atoms with van der Waals surface area (Å²) >= 11 is 0. The lowest BCUT2D eigenvalue weighted by atomic mass is 9.93. The molecular formula is C21H24N6O4S. The fourth-order valence-electron chi connectivity index (χ4n) is 4.34. The zero-order chi connectivity index (χ0) is 22.3. The van der Waals surface area contributed by atoms with Crippen LogP contribution >= 0.6 is 0 Å². The molecule has 11 heteroatoms. The van der Waals surface area contributed by atoms with Crippen molar-refractivity contribution in [3.05, 3.63) is 47.3 Å². The van der Waals surface area contributed by atoms with Gasteiger partial charge in [-0.15, -0.1) is 0 Å². The molecule has 3 aromatic heterocycles. The Kier molecular flexibility index (Phi) is 5.30. The molecule has 2 fully saturated rings. The highest BCUT2D eigenvalue weighted by Gasteiger charge is 2.35. The highest BCUT2D eigenvalue weighted by Crippen LogP contribution is 2.29. The molecule has 32 heavy (non-hydrogen) atoms. The smallest absolute Gasteiger partial charge is 0.262 e. The van der Waals surface area contributed by atoms with E-state index in [9.17, 15) is 18.3 Å². The van der Waals surface area contributed by atoms with Crippen LogP contribution in [0.25, 0.3) is 10.8 Å². The highest BCUT2D eigenvalue weighted by atomic mass is 32.2. The van der Waals surface area contributed by atoms with Crippen molar-refractivity contribution in [1.29, 1.82) is 0 Å². The molecule has 0 atom stereocenters. The summed E-state index contributed by atoms with van der Waals surface area (Å²) in [5, 5.41) is 17.5. The van der Waals surface area contributed by atoms with E-state index in [0.717, 1.165) is 12.8 Å². The van der Waals surface area contributed by atoms with Crippen molar-refractivity contribution in [1.82, 2.24) is 19.5 Å². The van der Waals surface area contributed by atoms with Crippen LogP contribution in [0.5, 0.6) is 0 Å². The molecule has 1 aliphatic heterocycles. The molecule has 1 saturated heterocycles. The maximum atomic E-state index is 13.4. The van der Waals surface area contributed by atoms with E-state index in [4.69, 9.17) is 0 Å². The van der Waals surface area contributed by atoms with Gasteiger partial charge in [0.1, 0.15) is 17.5 Å². The molecule has 0 unspecified atom stereocenters. The topological polar surface area (TPSA) is 139 Å². The normalized spacial score (nSPS) is 22.9. The Bertz CT molecular complexity index is 1290. The summed E-state index contributed by atoms with van der Waals surface area (Å²) in [6.07, 6.45) is 9.01. The van der Waals surface area contributed by atoms with Gasteiger partial charge in [-0.3, -0.25) is 9.78 Å². The first-order valence-corrected chi connectivity index (χ1v) is 12.4.